The summed E-state index contributed by atoms with van der Waals surface area (Å²) in [6.07, 6.45) is 11.3. The third-order valence-corrected chi connectivity index (χ3v) is 2.46. The first-order chi connectivity index (χ1) is 5.97. The molecule has 2 aliphatic rings. The Morgan fingerprint density at radius 3 is 3.25 bits per heavy atom. The smallest absolute Gasteiger partial charge is 0.119 e. The van der Waals surface area contributed by atoms with Crippen LogP contribution in [-0.2, 0) is 4.84 Å². The lowest BCUT2D eigenvalue weighted by molar-refractivity contribution is 0.262. The predicted octanol–water partition coefficient (Wildman–Crippen LogP) is 1.78. The molecule has 1 unspecified atom stereocenters. The van der Waals surface area contributed by atoms with Crippen molar-refractivity contribution in [1.29, 1.82) is 0 Å². The third kappa shape index (κ3) is 1.53. The standard InChI is InChI=1S/C8H8N2OS/c1-2-8(12-10-4-1)7-3-5-11-9-6-7/h1-7,10H. The van der Waals surface area contributed by atoms with Crippen molar-refractivity contribution in [2.75, 3.05) is 0 Å². The average Bonchev–Trinajstić information content (AvgIpc) is 2.21. The van der Waals surface area contributed by atoms with E-state index in [9.17, 15) is 0 Å². The molecule has 2 aliphatic heterocycles. The van der Waals surface area contributed by atoms with Crippen LogP contribution in [-0.4, -0.2) is 6.21 Å². The minimum atomic E-state index is 0.251. The summed E-state index contributed by atoms with van der Waals surface area (Å²) >= 11 is 1.60. The zero-order valence-electron chi connectivity index (χ0n) is 6.31. The molecule has 0 spiro atoms. The van der Waals surface area contributed by atoms with Crippen molar-refractivity contribution in [3.8, 4) is 0 Å². The average molecular weight is 180 g/mol. The highest BCUT2D eigenvalue weighted by Crippen LogP contribution is 2.25. The van der Waals surface area contributed by atoms with Gasteiger partial charge in [-0.1, -0.05) is 5.16 Å². The zero-order valence-corrected chi connectivity index (χ0v) is 7.12. The van der Waals surface area contributed by atoms with Crippen LogP contribution < -0.4 is 4.72 Å². The lowest BCUT2D eigenvalue weighted by Crippen LogP contribution is -2.08. The molecular weight excluding hydrogens is 172 g/mol. The maximum absolute atomic E-state index is 4.70. The molecule has 0 aromatic heterocycles. The summed E-state index contributed by atoms with van der Waals surface area (Å²) in [5.41, 5.74) is 0. The molecule has 12 heavy (non-hydrogen) atoms. The third-order valence-electron chi connectivity index (χ3n) is 1.56. The normalized spacial score (nSPS) is 26.0. The molecule has 3 nitrogen and oxygen atoms in total. The molecule has 62 valence electrons. The van der Waals surface area contributed by atoms with Crippen LogP contribution in [0.5, 0.6) is 0 Å². The molecule has 0 bridgehead atoms. The van der Waals surface area contributed by atoms with Crippen LogP contribution in [0.3, 0.4) is 0 Å². The fraction of sp³-hybridized carbons (Fsp3) is 0.125. The summed E-state index contributed by atoms with van der Waals surface area (Å²) in [4.78, 5) is 5.93. The van der Waals surface area contributed by atoms with Gasteiger partial charge in [0.05, 0.1) is 12.1 Å². The number of hydrogen-bond donors (Lipinski definition) is 1. The van der Waals surface area contributed by atoms with E-state index in [1.165, 1.54) is 4.91 Å². The topological polar surface area (TPSA) is 33.6 Å². The minimum absolute atomic E-state index is 0.251. The largest absolute Gasteiger partial charge is 0.365 e. The van der Waals surface area contributed by atoms with Crippen molar-refractivity contribution in [2.24, 2.45) is 11.1 Å². The van der Waals surface area contributed by atoms with Gasteiger partial charge in [-0.2, -0.15) is 0 Å². The highest BCUT2D eigenvalue weighted by molar-refractivity contribution is 8.01. The van der Waals surface area contributed by atoms with Gasteiger partial charge in [0.2, 0.25) is 0 Å². The van der Waals surface area contributed by atoms with E-state index in [-0.39, 0.29) is 5.92 Å². The van der Waals surface area contributed by atoms with Gasteiger partial charge in [-0.3, -0.25) is 0 Å². The Labute approximate surface area is 75.0 Å². The Morgan fingerprint density at radius 2 is 2.58 bits per heavy atom. The molecule has 1 N–H and O–H groups in total. The molecule has 0 amide bonds. The summed E-state index contributed by atoms with van der Waals surface area (Å²) in [5.74, 6) is 0.251. The molecule has 0 aliphatic carbocycles. The van der Waals surface area contributed by atoms with Gasteiger partial charge < -0.3 is 9.56 Å². The minimum Gasteiger partial charge on any atom is -0.365 e. The van der Waals surface area contributed by atoms with Crippen LogP contribution in [0.4, 0.5) is 0 Å². The fourth-order valence-electron chi connectivity index (χ4n) is 0.971. The Kier molecular flexibility index (Phi) is 2.18. The summed E-state index contributed by atoms with van der Waals surface area (Å²) in [6, 6.07) is 0. The van der Waals surface area contributed by atoms with Crippen molar-refractivity contribution in [3.63, 3.8) is 0 Å². The van der Waals surface area contributed by atoms with Gasteiger partial charge in [-0.25, -0.2) is 0 Å². The van der Waals surface area contributed by atoms with Crippen molar-refractivity contribution < 1.29 is 4.84 Å². The summed E-state index contributed by atoms with van der Waals surface area (Å²) in [5, 5.41) is 3.72. The Balaban J connectivity index is 2.12. The van der Waals surface area contributed by atoms with Crippen LogP contribution in [0.25, 0.3) is 0 Å². The van der Waals surface area contributed by atoms with Crippen LogP contribution >= 0.6 is 11.9 Å². The van der Waals surface area contributed by atoms with Gasteiger partial charge in [0.1, 0.15) is 6.26 Å². The maximum atomic E-state index is 4.70. The molecule has 4 heteroatoms. The van der Waals surface area contributed by atoms with Crippen molar-refractivity contribution in [2.45, 2.75) is 0 Å². The van der Waals surface area contributed by atoms with Crippen LogP contribution in [0.15, 0.2) is 40.8 Å². The SMILES string of the molecule is C1=CNSC(C2C=CON=C2)=C1. The number of rotatable bonds is 1. The van der Waals surface area contributed by atoms with E-state index in [0.717, 1.165) is 0 Å². The lowest BCUT2D eigenvalue weighted by atomic mass is 10.1. The number of oxime groups is 1. The Hall–Kier alpha value is -1.16. The van der Waals surface area contributed by atoms with Gasteiger partial charge in [0.25, 0.3) is 0 Å². The van der Waals surface area contributed by atoms with Crippen LogP contribution in [0, 0.1) is 5.92 Å². The van der Waals surface area contributed by atoms with Crippen LogP contribution in [0.1, 0.15) is 0 Å². The van der Waals surface area contributed by atoms with Crippen LogP contribution in [0.2, 0.25) is 0 Å². The lowest BCUT2D eigenvalue weighted by Gasteiger charge is -2.14. The van der Waals surface area contributed by atoms with Gasteiger partial charge in [-0.15, -0.1) is 0 Å². The highest BCUT2D eigenvalue weighted by atomic mass is 32.2. The first kappa shape index (κ1) is 7.49. The predicted molar refractivity (Wildman–Crippen MR) is 50.2 cm³/mol. The second-order valence-electron chi connectivity index (χ2n) is 2.36. The van der Waals surface area contributed by atoms with E-state index in [0.29, 0.717) is 0 Å². The van der Waals surface area contributed by atoms with Gasteiger partial charge in [0.15, 0.2) is 0 Å². The highest BCUT2D eigenvalue weighted by Gasteiger charge is 2.12. The summed E-state index contributed by atoms with van der Waals surface area (Å²) in [6.45, 7) is 0. The molecule has 0 saturated heterocycles. The monoisotopic (exact) mass is 180 g/mol. The quantitative estimate of drug-likeness (QED) is 0.624. The van der Waals surface area contributed by atoms with E-state index in [1.54, 1.807) is 24.4 Å². The van der Waals surface area contributed by atoms with Crippen molar-refractivity contribution in [1.82, 2.24) is 4.72 Å². The zero-order chi connectivity index (χ0) is 8.23. The first-order valence-corrected chi connectivity index (χ1v) is 4.43. The Bertz CT molecular complexity index is 269. The second-order valence-corrected chi connectivity index (χ2v) is 3.27. The first-order valence-electron chi connectivity index (χ1n) is 3.62. The molecule has 2 heterocycles. The molecular formula is C8H8N2OS. The molecule has 2 rings (SSSR count). The molecule has 0 fully saturated rings. The second kappa shape index (κ2) is 3.49. The van der Waals surface area contributed by atoms with Gasteiger partial charge in [-0.05, 0) is 30.2 Å². The number of hydrogen-bond acceptors (Lipinski definition) is 4. The van der Waals surface area contributed by atoms with Gasteiger partial charge in [0, 0.05) is 11.1 Å². The number of nitrogens with one attached hydrogen (secondary N) is 1. The van der Waals surface area contributed by atoms with Crippen molar-refractivity contribution >= 4 is 18.2 Å². The number of allylic oxidation sites excluding steroid dienone is 4. The summed E-state index contributed by atoms with van der Waals surface area (Å²) in [7, 11) is 0. The maximum Gasteiger partial charge on any atom is 0.119 e. The fourth-order valence-corrected chi connectivity index (χ4v) is 1.68. The number of nitrogens with zero attached hydrogens (tertiary/aromatic N) is 1. The Morgan fingerprint density at radius 1 is 1.58 bits per heavy atom. The van der Waals surface area contributed by atoms with E-state index in [2.05, 4.69) is 16.0 Å². The van der Waals surface area contributed by atoms with E-state index >= 15 is 0 Å². The summed E-state index contributed by atoms with van der Waals surface area (Å²) < 4.78 is 3.06. The molecule has 0 radical (unpaired) electrons. The molecule has 0 aromatic carbocycles. The molecule has 1 atom stereocenters. The molecule has 0 aromatic rings. The van der Waals surface area contributed by atoms with Crippen molar-refractivity contribution in [3.05, 3.63) is 35.6 Å². The van der Waals surface area contributed by atoms with E-state index < -0.39 is 0 Å². The van der Waals surface area contributed by atoms with E-state index in [1.807, 2.05) is 18.4 Å². The van der Waals surface area contributed by atoms with Gasteiger partial charge >= 0.3 is 0 Å². The van der Waals surface area contributed by atoms with E-state index in [4.69, 9.17) is 4.84 Å². The molecule has 0 saturated carbocycles.